The van der Waals surface area contributed by atoms with Crippen LogP contribution in [0.25, 0.3) is 0 Å². The Kier molecular flexibility index (Phi) is 4.68. The summed E-state index contributed by atoms with van der Waals surface area (Å²) in [5.74, 6) is 0.0355. The van der Waals surface area contributed by atoms with Gasteiger partial charge in [0, 0.05) is 31.1 Å². The molecule has 1 amide bonds. The number of carbonyl (C=O) groups excluding carboxylic acids is 1. The molecule has 0 bridgehead atoms. The molecule has 6 heteroatoms. The van der Waals surface area contributed by atoms with Gasteiger partial charge in [-0.05, 0) is 13.3 Å². The third kappa shape index (κ3) is 3.51. The highest BCUT2D eigenvalue weighted by atomic mass is 32.1. The molecule has 1 aliphatic heterocycles. The number of hydrogen-bond acceptors (Lipinski definition) is 5. The van der Waals surface area contributed by atoms with Crippen LogP contribution in [0.1, 0.15) is 17.5 Å². The van der Waals surface area contributed by atoms with Gasteiger partial charge in [0.1, 0.15) is 0 Å². The van der Waals surface area contributed by atoms with Gasteiger partial charge in [0.2, 0.25) is 5.91 Å². The predicted octanol–water partition coefficient (Wildman–Crippen LogP) is 0.858. The van der Waals surface area contributed by atoms with E-state index in [1.807, 2.05) is 6.92 Å². The molecule has 100 valence electrons. The van der Waals surface area contributed by atoms with E-state index in [9.17, 15) is 4.79 Å². The minimum absolute atomic E-state index is 0.0355. The van der Waals surface area contributed by atoms with Crippen LogP contribution in [0.5, 0.6) is 0 Å². The topological polar surface area (TPSA) is 57.3 Å². The summed E-state index contributed by atoms with van der Waals surface area (Å²) in [6.45, 7) is 8.38. The number of anilines is 1. The van der Waals surface area contributed by atoms with Crippen LogP contribution < -0.4 is 10.6 Å². The Morgan fingerprint density at radius 1 is 1.50 bits per heavy atom. The van der Waals surface area contributed by atoms with Crippen LogP contribution >= 0.6 is 11.3 Å². The number of hydrogen-bond donors (Lipinski definition) is 2. The van der Waals surface area contributed by atoms with Crippen molar-refractivity contribution in [3.8, 4) is 0 Å². The Morgan fingerprint density at radius 3 is 2.83 bits per heavy atom. The van der Waals surface area contributed by atoms with Gasteiger partial charge in [-0.2, -0.15) is 0 Å². The van der Waals surface area contributed by atoms with Gasteiger partial charge in [0.15, 0.2) is 5.13 Å². The van der Waals surface area contributed by atoms with Crippen LogP contribution in [-0.4, -0.2) is 48.5 Å². The quantitative estimate of drug-likeness (QED) is 0.850. The molecule has 18 heavy (non-hydrogen) atoms. The van der Waals surface area contributed by atoms with E-state index in [-0.39, 0.29) is 5.91 Å². The lowest BCUT2D eigenvalue weighted by atomic mass is 10.3. The first-order valence-corrected chi connectivity index (χ1v) is 7.20. The maximum Gasteiger partial charge on any atom is 0.240 e. The van der Waals surface area contributed by atoms with Crippen LogP contribution in [0, 0.1) is 6.92 Å². The van der Waals surface area contributed by atoms with Crippen molar-refractivity contribution in [3.63, 3.8) is 0 Å². The molecule has 0 saturated carbocycles. The van der Waals surface area contributed by atoms with Crippen molar-refractivity contribution in [2.45, 2.75) is 20.3 Å². The third-order valence-corrected chi connectivity index (χ3v) is 3.98. The van der Waals surface area contributed by atoms with Crippen molar-refractivity contribution in [2.75, 3.05) is 38.0 Å². The monoisotopic (exact) mass is 268 g/mol. The summed E-state index contributed by atoms with van der Waals surface area (Å²) in [5.41, 5.74) is 1.08. The van der Waals surface area contributed by atoms with E-state index in [0.717, 1.165) is 43.4 Å². The second-order valence-electron chi connectivity index (χ2n) is 4.45. The minimum atomic E-state index is 0.0355. The molecule has 0 radical (unpaired) electrons. The first kappa shape index (κ1) is 13.5. The Morgan fingerprint density at radius 2 is 2.22 bits per heavy atom. The molecule has 0 aliphatic carbocycles. The van der Waals surface area contributed by atoms with Gasteiger partial charge in [-0.3, -0.25) is 9.69 Å². The summed E-state index contributed by atoms with van der Waals surface area (Å²) < 4.78 is 0. The normalized spacial score (nSPS) is 16.8. The number of thiazole rings is 1. The van der Waals surface area contributed by atoms with E-state index >= 15 is 0 Å². The van der Waals surface area contributed by atoms with Crippen molar-refractivity contribution >= 4 is 22.4 Å². The number of amides is 1. The lowest BCUT2D eigenvalue weighted by Gasteiger charge is -2.26. The van der Waals surface area contributed by atoms with Crippen LogP contribution in [0.4, 0.5) is 5.13 Å². The molecule has 1 saturated heterocycles. The van der Waals surface area contributed by atoms with E-state index in [1.165, 1.54) is 4.88 Å². The third-order valence-electron chi connectivity index (χ3n) is 3.05. The molecular weight excluding hydrogens is 248 g/mol. The number of aromatic nitrogens is 1. The number of nitrogens with one attached hydrogen (secondary N) is 2. The number of rotatable bonds is 4. The van der Waals surface area contributed by atoms with Gasteiger partial charge >= 0.3 is 0 Å². The smallest absolute Gasteiger partial charge is 0.240 e. The first-order valence-electron chi connectivity index (χ1n) is 6.38. The minimum Gasteiger partial charge on any atom is -0.314 e. The molecule has 1 aromatic heterocycles. The molecule has 0 unspecified atom stereocenters. The number of aryl methyl sites for hydroxylation is 2. The average molecular weight is 268 g/mol. The summed E-state index contributed by atoms with van der Waals surface area (Å²) in [5, 5.41) is 6.89. The van der Waals surface area contributed by atoms with E-state index in [1.54, 1.807) is 11.3 Å². The number of piperazine rings is 1. The zero-order valence-electron chi connectivity index (χ0n) is 11.0. The molecule has 1 fully saturated rings. The molecular formula is C12H20N4OS. The maximum absolute atomic E-state index is 11.9. The number of carbonyl (C=O) groups is 1. The summed E-state index contributed by atoms with van der Waals surface area (Å²) in [6, 6.07) is 0. The zero-order valence-corrected chi connectivity index (χ0v) is 11.8. The standard InChI is InChI=1S/C12H20N4OS/c1-3-10-9(2)18-12(14-10)15-11(17)8-16-6-4-13-5-7-16/h13H,3-8H2,1-2H3,(H,14,15,17). The van der Waals surface area contributed by atoms with Gasteiger partial charge in [0.25, 0.3) is 0 Å². The van der Waals surface area contributed by atoms with Crippen molar-refractivity contribution in [2.24, 2.45) is 0 Å². The summed E-state index contributed by atoms with van der Waals surface area (Å²) >= 11 is 1.56. The van der Waals surface area contributed by atoms with Crippen LogP contribution in [-0.2, 0) is 11.2 Å². The highest BCUT2D eigenvalue weighted by Crippen LogP contribution is 2.22. The molecule has 2 heterocycles. The molecule has 2 N–H and O–H groups in total. The van der Waals surface area contributed by atoms with Crippen molar-refractivity contribution in [3.05, 3.63) is 10.6 Å². The average Bonchev–Trinajstić information content (AvgIpc) is 2.70. The molecule has 2 rings (SSSR count). The maximum atomic E-state index is 11.9. The summed E-state index contributed by atoms with van der Waals surface area (Å²) in [7, 11) is 0. The fourth-order valence-electron chi connectivity index (χ4n) is 2.04. The summed E-state index contributed by atoms with van der Waals surface area (Å²) in [4.78, 5) is 19.6. The van der Waals surface area contributed by atoms with Gasteiger partial charge in [-0.1, -0.05) is 6.92 Å². The Labute approximate surface area is 112 Å². The molecule has 0 spiro atoms. The second kappa shape index (κ2) is 6.26. The van der Waals surface area contributed by atoms with Gasteiger partial charge in [0.05, 0.1) is 12.2 Å². The summed E-state index contributed by atoms with van der Waals surface area (Å²) in [6.07, 6.45) is 0.913. The largest absolute Gasteiger partial charge is 0.314 e. The fraction of sp³-hybridized carbons (Fsp3) is 0.667. The van der Waals surface area contributed by atoms with Crippen molar-refractivity contribution < 1.29 is 4.79 Å². The highest BCUT2D eigenvalue weighted by Gasteiger charge is 2.15. The van der Waals surface area contributed by atoms with Gasteiger partial charge in [-0.15, -0.1) is 11.3 Å². The van der Waals surface area contributed by atoms with Crippen molar-refractivity contribution in [1.29, 1.82) is 0 Å². The molecule has 1 aromatic rings. The van der Waals surface area contributed by atoms with Gasteiger partial charge < -0.3 is 10.6 Å². The van der Waals surface area contributed by atoms with E-state index in [2.05, 4.69) is 27.4 Å². The Balaban J connectivity index is 1.86. The first-order chi connectivity index (χ1) is 8.69. The highest BCUT2D eigenvalue weighted by molar-refractivity contribution is 7.15. The van der Waals surface area contributed by atoms with E-state index in [0.29, 0.717) is 6.54 Å². The van der Waals surface area contributed by atoms with Crippen LogP contribution in [0.2, 0.25) is 0 Å². The van der Waals surface area contributed by atoms with Crippen LogP contribution in [0.3, 0.4) is 0 Å². The lowest BCUT2D eigenvalue weighted by molar-refractivity contribution is -0.117. The van der Waals surface area contributed by atoms with E-state index < -0.39 is 0 Å². The molecule has 1 aliphatic rings. The number of nitrogens with zero attached hydrogens (tertiary/aromatic N) is 2. The Bertz CT molecular complexity index is 412. The van der Waals surface area contributed by atoms with Gasteiger partial charge in [-0.25, -0.2) is 4.98 Å². The van der Waals surface area contributed by atoms with Crippen LogP contribution in [0.15, 0.2) is 0 Å². The fourth-order valence-corrected chi connectivity index (χ4v) is 2.96. The Hall–Kier alpha value is -0.980. The van der Waals surface area contributed by atoms with Crippen molar-refractivity contribution in [1.82, 2.24) is 15.2 Å². The molecule has 5 nitrogen and oxygen atoms in total. The predicted molar refractivity (Wildman–Crippen MR) is 74.2 cm³/mol. The molecule has 0 aromatic carbocycles. The molecule has 0 atom stereocenters. The zero-order chi connectivity index (χ0) is 13.0. The SMILES string of the molecule is CCc1nc(NC(=O)CN2CCNCC2)sc1C. The van der Waals surface area contributed by atoms with E-state index in [4.69, 9.17) is 0 Å². The lowest BCUT2D eigenvalue weighted by Crippen LogP contribution is -2.46. The second-order valence-corrected chi connectivity index (χ2v) is 5.65.